The van der Waals surface area contributed by atoms with Crippen molar-refractivity contribution in [2.24, 2.45) is 11.8 Å². The molecule has 25 heavy (non-hydrogen) atoms. The first-order chi connectivity index (χ1) is 12.0. The predicted molar refractivity (Wildman–Crippen MR) is 103 cm³/mol. The Kier molecular flexibility index (Phi) is 6.85. The van der Waals surface area contributed by atoms with Crippen molar-refractivity contribution in [1.29, 1.82) is 0 Å². The van der Waals surface area contributed by atoms with Gasteiger partial charge in [-0.2, -0.15) is 0 Å². The van der Waals surface area contributed by atoms with E-state index in [4.69, 9.17) is 0 Å². The van der Waals surface area contributed by atoms with Crippen LogP contribution in [0.15, 0.2) is 18.2 Å². The number of carbonyl (C=O) groups is 2. The third-order valence-electron chi connectivity index (χ3n) is 4.89. The zero-order valence-electron chi connectivity index (χ0n) is 15.9. The van der Waals surface area contributed by atoms with Crippen LogP contribution in [0.4, 0.5) is 11.4 Å². The number of rotatable bonds is 9. The van der Waals surface area contributed by atoms with E-state index < -0.39 is 0 Å². The number of hydrogen-bond donors (Lipinski definition) is 2. The van der Waals surface area contributed by atoms with Crippen molar-refractivity contribution >= 4 is 23.2 Å². The van der Waals surface area contributed by atoms with Crippen molar-refractivity contribution in [3.05, 3.63) is 23.8 Å². The summed E-state index contributed by atoms with van der Waals surface area (Å²) >= 11 is 0. The molecule has 2 atom stereocenters. The van der Waals surface area contributed by atoms with E-state index in [1.807, 2.05) is 19.1 Å². The molecule has 5 heteroatoms. The van der Waals surface area contributed by atoms with Gasteiger partial charge in [0.1, 0.15) is 0 Å². The van der Waals surface area contributed by atoms with Gasteiger partial charge in [0.2, 0.25) is 11.8 Å². The number of carbonyl (C=O) groups excluding carboxylic acids is 2. The Hall–Kier alpha value is -2.04. The Morgan fingerprint density at radius 2 is 1.80 bits per heavy atom. The van der Waals surface area contributed by atoms with Gasteiger partial charge >= 0.3 is 0 Å². The summed E-state index contributed by atoms with van der Waals surface area (Å²) in [4.78, 5) is 26.7. The van der Waals surface area contributed by atoms with Crippen LogP contribution < -0.4 is 15.5 Å². The van der Waals surface area contributed by atoms with Crippen molar-refractivity contribution < 1.29 is 9.59 Å². The molecule has 2 N–H and O–H groups in total. The van der Waals surface area contributed by atoms with Crippen LogP contribution in [0.2, 0.25) is 0 Å². The summed E-state index contributed by atoms with van der Waals surface area (Å²) in [5.41, 5.74) is 3.04. The van der Waals surface area contributed by atoms with Crippen LogP contribution in [0.5, 0.6) is 0 Å². The Balaban J connectivity index is 1.90. The van der Waals surface area contributed by atoms with Gasteiger partial charge in [0, 0.05) is 31.0 Å². The van der Waals surface area contributed by atoms with Crippen LogP contribution in [0.3, 0.4) is 0 Å². The van der Waals surface area contributed by atoms with E-state index in [0.717, 1.165) is 37.2 Å². The summed E-state index contributed by atoms with van der Waals surface area (Å²) in [5, 5.41) is 5.90. The highest BCUT2D eigenvalue weighted by Gasteiger charge is 2.47. The van der Waals surface area contributed by atoms with Gasteiger partial charge in [-0.15, -0.1) is 0 Å². The van der Waals surface area contributed by atoms with E-state index in [2.05, 4.69) is 42.4 Å². The van der Waals surface area contributed by atoms with Gasteiger partial charge in [-0.1, -0.05) is 13.3 Å². The van der Waals surface area contributed by atoms with Crippen LogP contribution in [-0.2, 0) is 9.59 Å². The summed E-state index contributed by atoms with van der Waals surface area (Å²) in [6.45, 7) is 11.0. The van der Waals surface area contributed by atoms with E-state index >= 15 is 0 Å². The van der Waals surface area contributed by atoms with Gasteiger partial charge in [0.05, 0.1) is 11.8 Å². The van der Waals surface area contributed by atoms with E-state index in [0.29, 0.717) is 13.0 Å². The molecular weight excluding hydrogens is 314 g/mol. The lowest BCUT2D eigenvalue weighted by Gasteiger charge is -2.22. The number of hydrogen-bond acceptors (Lipinski definition) is 3. The fourth-order valence-corrected chi connectivity index (χ4v) is 3.09. The Morgan fingerprint density at radius 1 is 1.12 bits per heavy atom. The average Bonchev–Trinajstić information content (AvgIpc) is 3.39. The van der Waals surface area contributed by atoms with E-state index in [-0.39, 0.29) is 23.7 Å². The number of nitrogens with one attached hydrogen (secondary N) is 2. The predicted octanol–water partition coefficient (Wildman–Crippen LogP) is 3.33. The van der Waals surface area contributed by atoms with Crippen molar-refractivity contribution in [3.8, 4) is 0 Å². The molecule has 1 aliphatic carbocycles. The molecule has 0 aromatic heterocycles. The number of aryl methyl sites for hydroxylation is 1. The Morgan fingerprint density at radius 3 is 2.40 bits per heavy atom. The average molecular weight is 345 g/mol. The molecule has 5 nitrogen and oxygen atoms in total. The minimum Gasteiger partial charge on any atom is -0.372 e. The molecule has 1 aliphatic rings. The maximum Gasteiger partial charge on any atom is 0.228 e. The van der Waals surface area contributed by atoms with Gasteiger partial charge in [0.15, 0.2) is 0 Å². The molecule has 1 aromatic carbocycles. The molecular formula is C20H31N3O2. The van der Waals surface area contributed by atoms with Crippen molar-refractivity contribution in [2.75, 3.05) is 29.9 Å². The summed E-state index contributed by atoms with van der Waals surface area (Å²) in [6, 6.07) is 6.10. The van der Waals surface area contributed by atoms with Gasteiger partial charge < -0.3 is 15.5 Å². The quantitative estimate of drug-likeness (QED) is 0.675. The molecule has 138 valence electrons. The molecule has 1 fully saturated rings. The lowest BCUT2D eigenvalue weighted by Crippen LogP contribution is -2.28. The first-order valence-corrected chi connectivity index (χ1v) is 9.45. The monoisotopic (exact) mass is 345 g/mol. The molecule has 0 bridgehead atoms. The second-order valence-corrected chi connectivity index (χ2v) is 6.75. The standard InChI is InChI=1S/C20H31N3O2/c1-5-8-11-21-19(24)16-13-17(16)20(25)22-18-10-9-15(12-14(18)4)23(6-2)7-3/h9-10,12,16-17H,5-8,11,13H2,1-4H3,(H,21,24)(H,22,25). The van der Waals surface area contributed by atoms with Gasteiger partial charge in [0.25, 0.3) is 0 Å². The zero-order valence-corrected chi connectivity index (χ0v) is 15.9. The molecule has 2 rings (SSSR count). The van der Waals surface area contributed by atoms with Crippen LogP contribution in [0, 0.1) is 18.8 Å². The lowest BCUT2D eigenvalue weighted by atomic mass is 10.1. The van der Waals surface area contributed by atoms with Crippen LogP contribution in [0.1, 0.15) is 45.6 Å². The first-order valence-electron chi connectivity index (χ1n) is 9.45. The molecule has 0 heterocycles. The fourth-order valence-electron chi connectivity index (χ4n) is 3.09. The summed E-state index contributed by atoms with van der Waals surface area (Å²) in [7, 11) is 0. The first kappa shape index (κ1) is 19.3. The minimum absolute atomic E-state index is 0.0159. The summed E-state index contributed by atoms with van der Waals surface area (Å²) in [6.07, 6.45) is 2.69. The minimum atomic E-state index is -0.191. The molecule has 1 aromatic rings. The topological polar surface area (TPSA) is 61.4 Å². The van der Waals surface area contributed by atoms with Crippen LogP contribution in [0.25, 0.3) is 0 Å². The second-order valence-electron chi connectivity index (χ2n) is 6.75. The number of amides is 2. The smallest absolute Gasteiger partial charge is 0.228 e. The SMILES string of the molecule is CCCCNC(=O)C1CC1C(=O)Nc1ccc(N(CC)CC)cc1C. The molecule has 0 radical (unpaired) electrons. The highest BCUT2D eigenvalue weighted by molar-refractivity contribution is 6.00. The highest BCUT2D eigenvalue weighted by atomic mass is 16.2. The maximum absolute atomic E-state index is 12.4. The van der Waals surface area contributed by atoms with Crippen molar-refractivity contribution in [1.82, 2.24) is 5.32 Å². The summed E-state index contributed by atoms with van der Waals surface area (Å²) < 4.78 is 0. The number of benzene rings is 1. The van der Waals surface area contributed by atoms with Gasteiger partial charge in [-0.3, -0.25) is 9.59 Å². The van der Waals surface area contributed by atoms with Gasteiger partial charge in [-0.25, -0.2) is 0 Å². The molecule has 0 spiro atoms. The molecule has 0 aliphatic heterocycles. The van der Waals surface area contributed by atoms with Crippen molar-refractivity contribution in [3.63, 3.8) is 0 Å². The van der Waals surface area contributed by atoms with Crippen LogP contribution >= 0.6 is 0 Å². The van der Waals surface area contributed by atoms with E-state index in [9.17, 15) is 9.59 Å². The Bertz CT molecular complexity index is 611. The molecule has 2 amide bonds. The molecule has 2 unspecified atom stereocenters. The fraction of sp³-hybridized carbons (Fsp3) is 0.600. The van der Waals surface area contributed by atoms with Gasteiger partial charge in [-0.05, 0) is 57.4 Å². The number of unbranched alkanes of at least 4 members (excludes halogenated alkanes) is 1. The molecule has 1 saturated carbocycles. The van der Waals surface area contributed by atoms with E-state index in [1.165, 1.54) is 5.69 Å². The third kappa shape index (κ3) is 4.97. The highest BCUT2D eigenvalue weighted by Crippen LogP contribution is 2.39. The van der Waals surface area contributed by atoms with Crippen LogP contribution in [-0.4, -0.2) is 31.4 Å². The Labute approximate surface area is 151 Å². The normalized spacial score (nSPS) is 18.6. The summed E-state index contributed by atoms with van der Waals surface area (Å²) in [5.74, 6) is -0.382. The largest absolute Gasteiger partial charge is 0.372 e. The second kappa shape index (κ2) is 8.88. The maximum atomic E-state index is 12.4. The third-order valence-corrected chi connectivity index (χ3v) is 4.89. The number of anilines is 2. The molecule has 0 saturated heterocycles. The van der Waals surface area contributed by atoms with Crippen molar-refractivity contribution in [2.45, 2.75) is 47.0 Å². The lowest BCUT2D eigenvalue weighted by molar-refractivity contribution is -0.125. The zero-order chi connectivity index (χ0) is 18.4. The van der Waals surface area contributed by atoms with E-state index in [1.54, 1.807) is 0 Å². The number of nitrogens with zero attached hydrogens (tertiary/aromatic N) is 1.